The fourth-order valence-corrected chi connectivity index (χ4v) is 2.54. The molecule has 1 aliphatic carbocycles. The lowest BCUT2D eigenvalue weighted by Gasteiger charge is -2.37. The van der Waals surface area contributed by atoms with Crippen molar-refractivity contribution in [3.05, 3.63) is 0 Å². The van der Waals surface area contributed by atoms with Gasteiger partial charge in [0.15, 0.2) is 0 Å². The lowest BCUT2D eigenvalue weighted by Crippen LogP contribution is -2.51. The molecule has 0 amide bonds. The average Bonchev–Trinajstić information content (AvgIpc) is 2.24. The van der Waals surface area contributed by atoms with Crippen molar-refractivity contribution < 1.29 is 24.0 Å². The highest BCUT2D eigenvalue weighted by atomic mass is 31.2. The summed E-state index contributed by atoms with van der Waals surface area (Å²) in [4.78, 5) is 17.4. The van der Waals surface area contributed by atoms with Crippen LogP contribution in [0.2, 0.25) is 0 Å². The van der Waals surface area contributed by atoms with Crippen molar-refractivity contribution in [2.45, 2.75) is 37.6 Å². The number of nitrogens with one attached hydrogen (secondary N) is 1. The summed E-state index contributed by atoms with van der Waals surface area (Å²) < 4.78 is 15.3. The Kier molecular flexibility index (Phi) is 5.37. The molecule has 1 aliphatic rings. The van der Waals surface area contributed by atoms with Gasteiger partial charge < -0.3 is 20.2 Å². The standard InChI is InChI=1S/C9H20NO5P/c11-7-6-10-9(4-2-1-3-5-9)8-15-16(12,13)14/h10-11H,1-8H2,(H2,12,13,14). The van der Waals surface area contributed by atoms with E-state index in [1.165, 1.54) is 0 Å². The fraction of sp³-hybridized carbons (Fsp3) is 1.00. The molecule has 0 spiro atoms. The number of β-amino-alcohol motifs (C(OH)–C–C–N with tert-alkyl or cyclic N) is 1. The molecule has 1 rings (SSSR count). The number of rotatable bonds is 6. The fourth-order valence-electron chi connectivity index (χ4n) is 2.13. The predicted molar refractivity (Wildman–Crippen MR) is 58.9 cm³/mol. The van der Waals surface area contributed by atoms with Crippen molar-refractivity contribution in [1.82, 2.24) is 5.32 Å². The maximum absolute atomic E-state index is 10.7. The third kappa shape index (κ3) is 4.91. The average molecular weight is 253 g/mol. The van der Waals surface area contributed by atoms with Crippen molar-refractivity contribution in [2.75, 3.05) is 19.8 Å². The van der Waals surface area contributed by atoms with Gasteiger partial charge in [-0.3, -0.25) is 4.52 Å². The second-order valence-electron chi connectivity index (χ2n) is 4.26. The smallest absolute Gasteiger partial charge is 0.395 e. The van der Waals surface area contributed by atoms with E-state index in [1.54, 1.807) is 0 Å². The van der Waals surface area contributed by atoms with Crippen LogP contribution in [0, 0.1) is 0 Å². The molecule has 0 aliphatic heterocycles. The maximum atomic E-state index is 10.7. The van der Waals surface area contributed by atoms with E-state index in [-0.39, 0.29) is 18.8 Å². The van der Waals surface area contributed by atoms with Crippen LogP contribution >= 0.6 is 7.82 Å². The molecule has 0 atom stereocenters. The van der Waals surface area contributed by atoms with Gasteiger partial charge in [0.2, 0.25) is 0 Å². The largest absolute Gasteiger partial charge is 0.469 e. The minimum atomic E-state index is -4.41. The van der Waals surface area contributed by atoms with Gasteiger partial charge in [-0.2, -0.15) is 0 Å². The molecule has 1 fully saturated rings. The van der Waals surface area contributed by atoms with Crippen LogP contribution in [-0.2, 0) is 9.09 Å². The SMILES string of the molecule is O=P(O)(O)OCC1(NCCO)CCCCC1. The molecule has 1 saturated carbocycles. The molecule has 0 heterocycles. The van der Waals surface area contributed by atoms with Crippen LogP contribution in [-0.4, -0.2) is 40.2 Å². The van der Waals surface area contributed by atoms with Crippen molar-refractivity contribution >= 4 is 7.82 Å². The highest BCUT2D eigenvalue weighted by Crippen LogP contribution is 2.39. The molecule has 4 N–H and O–H groups in total. The summed E-state index contributed by atoms with van der Waals surface area (Å²) in [6, 6.07) is 0. The summed E-state index contributed by atoms with van der Waals surface area (Å²) in [6.07, 6.45) is 4.82. The molecule has 0 radical (unpaired) electrons. The Hall–Kier alpha value is 0.0300. The number of hydrogen-bond donors (Lipinski definition) is 4. The molecule has 96 valence electrons. The Bertz CT molecular complexity index is 248. The monoisotopic (exact) mass is 253 g/mol. The molecular weight excluding hydrogens is 233 g/mol. The molecule has 0 aromatic heterocycles. The van der Waals surface area contributed by atoms with E-state index < -0.39 is 7.82 Å². The number of aliphatic hydroxyl groups is 1. The predicted octanol–water partition coefficient (Wildman–Crippen LogP) is 0.380. The topological polar surface area (TPSA) is 99.0 Å². The molecular formula is C9H20NO5P. The highest BCUT2D eigenvalue weighted by Gasteiger charge is 2.34. The zero-order valence-electron chi connectivity index (χ0n) is 9.26. The van der Waals surface area contributed by atoms with Gasteiger partial charge in [0.1, 0.15) is 0 Å². The zero-order chi connectivity index (χ0) is 12.1. The first-order valence-corrected chi connectivity index (χ1v) is 7.06. The van der Waals surface area contributed by atoms with E-state index >= 15 is 0 Å². The molecule has 7 heteroatoms. The number of phosphoric ester groups is 1. The van der Waals surface area contributed by atoms with Crippen molar-refractivity contribution in [3.63, 3.8) is 0 Å². The Balaban J connectivity index is 2.52. The number of phosphoric acid groups is 1. The van der Waals surface area contributed by atoms with Crippen LogP contribution < -0.4 is 5.32 Å². The summed E-state index contributed by atoms with van der Waals surface area (Å²) in [7, 11) is -4.41. The normalized spacial score (nSPS) is 20.9. The van der Waals surface area contributed by atoms with E-state index in [9.17, 15) is 4.57 Å². The summed E-state index contributed by atoms with van der Waals surface area (Å²) in [5.41, 5.74) is -0.387. The van der Waals surface area contributed by atoms with E-state index in [1.807, 2.05) is 0 Å². The molecule has 6 nitrogen and oxygen atoms in total. The van der Waals surface area contributed by atoms with E-state index in [0.717, 1.165) is 32.1 Å². The first-order chi connectivity index (χ1) is 7.47. The van der Waals surface area contributed by atoms with Gasteiger partial charge in [0, 0.05) is 12.1 Å². The molecule has 0 saturated heterocycles. The zero-order valence-corrected chi connectivity index (χ0v) is 10.2. The van der Waals surface area contributed by atoms with E-state index in [4.69, 9.17) is 14.9 Å². The molecule has 16 heavy (non-hydrogen) atoms. The highest BCUT2D eigenvalue weighted by molar-refractivity contribution is 7.46. The van der Waals surface area contributed by atoms with Crippen molar-refractivity contribution in [3.8, 4) is 0 Å². The minimum Gasteiger partial charge on any atom is -0.395 e. The van der Waals surface area contributed by atoms with Crippen LogP contribution in [0.4, 0.5) is 0 Å². The summed E-state index contributed by atoms with van der Waals surface area (Å²) >= 11 is 0. The second-order valence-corrected chi connectivity index (χ2v) is 5.49. The number of aliphatic hydroxyl groups excluding tert-OH is 1. The Labute approximate surface area is 95.2 Å². The van der Waals surface area contributed by atoms with Gasteiger partial charge >= 0.3 is 7.82 Å². The Morgan fingerprint density at radius 3 is 2.38 bits per heavy atom. The van der Waals surface area contributed by atoms with E-state index in [0.29, 0.717) is 6.54 Å². The van der Waals surface area contributed by atoms with Crippen LogP contribution in [0.3, 0.4) is 0 Å². The Morgan fingerprint density at radius 1 is 1.25 bits per heavy atom. The molecule has 0 unspecified atom stereocenters. The van der Waals surface area contributed by atoms with Crippen LogP contribution in [0.1, 0.15) is 32.1 Å². The third-order valence-electron chi connectivity index (χ3n) is 2.93. The maximum Gasteiger partial charge on any atom is 0.469 e. The summed E-state index contributed by atoms with van der Waals surface area (Å²) in [6.45, 7) is 0.430. The molecule has 0 aromatic carbocycles. The van der Waals surface area contributed by atoms with Gasteiger partial charge in [-0.05, 0) is 12.8 Å². The van der Waals surface area contributed by atoms with Gasteiger partial charge in [-0.1, -0.05) is 19.3 Å². The van der Waals surface area contributed by atoms with Gasteiger partial charge in [-0.15, -0.1) is 0 Å². The third-order valence-corrected chi connectivity index (χ3v) is 3.40. The summed E-state index contributed by atoms with van der Waals surface area (Å²) in [5.74, 6) is 0. The van der Waals surface area contributed by atoms with Crippen molar-refractivity contribution in [2.24, 2.45) is 0 Å². The molecule has 0 aromatic rings. The van der Waals surface area contributed by atoms with Gasteiger partial charge in [-0.25, -0.2) is 4.57 Å². The first kappa shape index (κ1) is 14.1. The lowest BCUT2D eigenvalue weighted by atomic mass is 9.82. The quantitative estimate of drug-likeness (QED) is 0.511. The van der Waals surface area contributed by atoms with Crippen LogP contribution in [0.15, 0.2) is 0 Å². The van der Waals surface area contributed by atoms with E-state index in [2.05, 4.69) is 9.84 Å². The van der Waals surface area contributed by atoms with Gasteiger partial charge in [0.05, 0.1) is 13.2 Å². The molecule has 0 bridgehead atoms. The summed E-state index contributed by atoms with van der Waals surface area (Å²) in [5, 5.41) is 11.9. The minimum absolute atomic E-state index is 0.00270. The van der Waals surface area contributed by atoms with Crippen LogP contribution in [0.25, 0.3) is 0 Å². The van der Waals surface area contributed by atoms with Crippen LogP contribution in [0.5, 0.6) is 0 Å². The Morgan fingerprint density at radius 2 is 1.88 bits per heavy atom. The van der Waals surface area contributed by atoms with Crippen molar-refractivity contribution in [1.29, 1.82) is 0 Å². The lowest BCUT2D eigenvalue weighted by molar-refractivity contribution is 0.1000. The second kappa shape index (κ2) is 6.10. The first-order valence-electron chi connectivity index (χ1n) is 5.53. The number of hydrogen-bond acceptors (Lipinski definition) is 4. The van der Waals surface area contributed by atoms with Gasteiger partial charge in [0.25, 0.3) is 0 Å².